The van der Waals surface area contributed by atoms with Crippen LogP contribution in [0.15, 0.2) is 18.2 Å². The molecule has 0 aliphatic carbocycles. The van der Waals surface area contributed by atoms with Crippen molar-refractivity contribution in [1.82, 2.24) is 4.90 Å². The Balaban J connectivity index is 2.23. The molecule has 15 heavy (non-hydrogen) atoms. The summed E-state index contributed by atoms with van der Waals surface area (Å²) in [5.41, 5.74) is 2.40. The van der Waals surface area contributed by atoms with Gasteiger partial charge in [0.25, 0.3) is 0 Å². The van der Waals surface area contributed by atoms with E-state index in [9.17, 15) is 0 Å². The number of benzene rings is 1. The number of anilines is 1. The molecule has 1 N–H and O–H groups in total. The van der Waals surface area contributed by atoms with Gasteiger partial charge in [0.15, 0.2) is 0 Å². The third-order valence-electron chi connectivity index (χ3n) is 2.74. The highest BCUT2D eigenvalue weighted by Crippen LogP contribution is 2.31. The van der Waals surface area contributed by atoms with Gasteiger partial charge in [0.1, 0.15) is 12.4 Å². The van der Waals surface area contributed by atoms with Gasteiger partial charge in [-0.1, -0.05) is 19.1 Å². The standard InChI is InChI=1S/C12H18N2O/c1-3-14(2)9-10-5-4-6-11-12(10)15-8-7-13-11/h4-6,13H,3,7-9H2,1-2H3. The van der Waals surface area contributed by atoms with E-state index in [1.165, 1.54) is 5.56 Å². The Bertz CT molecular complexity index is 338. The molecule has 1 heterocycles. The first-order valence-electron chi connectivity index (χ1n) is 5.48. The zero-order valence-electron chi connectivity index (χ0n) is 9.42. The molecule has 1 aliphatic heterocycles. The van der Waals surface area contributed by atoms with Crippen molar-refractivity contribution >= 4 is 5.69 Å². The summed E-state index contributed by atoms with van der Waals surface area (Å²) in [5.74, 6) is 1.03. The lowest BCUT2D eigenvalue weighted by molar-refractivity contribution is 0.301. The molecule has 0 unspecified atom stereocenters. The topological polar surface area (TPSA) is 24.5 Å². The molecule has 3 heteroatoms. The lowest BCUT2D eigenvalue weighted by atomic mass is 10.1. The molecule has 1 aromatic carbocycles. The van der Waals surface area contributed by atoms with Crippen molar-refractivity contribution in [2.24, 2.45) is 0 Å². The van der Waals surface area contributed by atoms with E-state index < -0.39 is 0 Å². The maximum Gasteiger partial charge on any atom is 0.146 e. The summed E-state index contributed by atoms with van der Waals surface area (Å²) in [6, 6.07) is 6.29. The van der Waals surface area contributed by atoms with Crippen LogP contribution in [-0.2, 0) is 6.54 Å². The van der Waals surface area contributed by atoms with E-state index in [0.29, 0.717) is 0 Å². The predicted molar refractivity (Wildman–Crippen MR) is 62.4 cm³/mol. The Morgan fingerprint density at radius 1 is 1.47 bits per heavy atom. The Kier molecular flexibility index (Phi) is 3.11. The van der Waals surface area contributed by atoms with Crippen molar-refractivity contribution in [1.29, 1.82) is 0 Å². The second-order valence-electron chi connectivity index (χ2n) is 3.90. The van der Waals surface area contributed by atoms with Crippen LogP contribution in [0, 0.1) is 0 Å². The van der Waals surface area contributed by atoms with E-state index in [1.54, 1.807) is 0 Å². The van der Waals surface area contributed by atoms with Gasteiger partial charge in [0, 0.05) is 18.7 Å². The fourth-order valence-corrected chi connectivity index (χ4v) is 1.76. The van der Waals surface area contributed by atoms with E-state index in [4.69, 9.17) is 4.74 Å². The zero-order chi connectivity index (χ0) is 10.7. The van der Waals surface area contributed by atoms with Crippen LogP contribution >= 0.6 is 0 Å². The monoisotopic (exact) mass is 206 g/mol. The molecular weight excluding hydrogens is 188 g/mol. The Hall–Kier alpha value is -1.22. The quantitative estimate of drug-likeness (QED) is 0.818. The average molecular weight is 206 g/mol. The van der Waals surface area contributed by atoms with Gasteiger partial charge in [-0.2, -0.15) is 0 Å². The van der Waals surface area contributed by atoms with Crippen LogP contribution in [0.2, 0.25) is 0 Å². The van der Waals surface area contributed by atoms with Crippen LogP contribution in [0.25, 0.3) is 0 Å². The first-order chi connectivity index (χ1) is 7.31. The van der Waals surface area contributed by atoms with E-state index in [1.807, 2.05) is 0 Å². The van der Waals surface area contributed by atoms with Crippen LogP contribution in [0.3, 0.4) is 0 Å². The van der Waals surface area contributed by atoms with Crippen molar-refractivity contribution < 1.29 is 4.74 Å². The van der Waals surface area contributed by atoms with Gasteiger partial charge in [-0.3, -0.25) is 0 Å². The first kappa shape index (κ1) is 10.3. The highest BCUT2D eigenvalue weighted by molar-refractivity contribution is 5.61. The van der Waals surface area contributed by atoms with Gasteiger partial charge < -0.3 is 15.0 Å². The van der Waals surface area contributed by atoms with E-state index in [2.05, 4.69) is 42.4 Å². The number of fused-ring (bicyclic) bond motifs is 1. The van der Waals surface area contributed by atoms with E-state index in [-0.39, 0.29) is 0 Å². The molecule has 0 amide bonds. The Morgan fingerprint density at radius 2 is 2.33 bits per heavy atom. The first-order valence-corrected chi connectivity index (χ1v) is 5.48. The summed E-state index contributed by atoms with van der Waals surface area (Å²) < 4.78 is 5.71. The van der Waals surface area contributed by atoms with Crippen molar-refractivity contribution in [2.75, 3.05) is 32.1 Å². The lowest BCUT2D eigenvalue weighted by Crippen LogP contribution is -2.22. The normalized spacial score (nSPS) is 14.3. The van der Waals surface area contributed by atoms with Crippen LogP contribution in [0.1, 0.15) is 12.5 Å². The number of ether oxygens (including phenoxy) is 1. The number of hydrogen-bond donors (Lipinski definition) is 1. The predicted octanol–water partition coefficient (Wildman–Crippen LogP) is 1.94. The third kappa shape index (κ3) is 2.23. The van der Waals surface area contributed by atoms with E-state index in [0.717, 1.165) is 37.7 Å². The molecule has 0 saturated heterocycles. The van der Waals surface area contributed by atoms with Gasteiger partial charge in [0.2, 0.25) is 0 Å². The summed E-state index contributed by atoms with van der Waals surface area (Å²) in [7, 11) is 2.12. The summed E-state index contributed by atoms with van der Waals surface area (Å²) in [4.78, 5) is 2.27. The molecule has 0 bridgehead atoms. The molecular formula is C12H18N2O. The SMILES string of the molecule is CCN(C)Cc1cccc2c1OCCN2. The summed E-state index contributed by atoms with van der Waals surface area (Å²) in [6.07, 6.45) is 0. The zero-order valence-corrected chi connectivity index (χ0v) is 9.42. The molecule has 82 valence electrons. The van der Waals surface area contributed by atoms with Gasteiger partial charge in [-0.15, -0.1) is 0 Å². The molecule has 0 saturated carbocycles. The smallest absolute Gasteiger partial charge is 0.146 e. The second kappa shape index (κ2) is 4.53. The number of nitrogens with one attached hydrogen (secondary N) is 1. The largest absolute Gasteiger partial charge is 0.489 e. The number of hydrogen-bond acceptors (Lipinski definition) is 3. The highest BCUT2D eigenvalue weighted by atomic mass is 16.5. The summed E-state index contributed by atoms with van der Waals surface area (Å²) in [5, 5.41) is 3.35. The van der Waals surface area contributed by atoms with Crippen LogP contribution in [0.5, 0.6) is 5.75 Å². The molecule has 0 fully saturated rings. The molecule has 0 spiro atoms. The molecule has 0 aromatic heterocycles. The van der Waals surface area contributed by atoms with Crippen LogP contribution < -0.4 is 10.1 Å². The summed E-state index contributed by atoms with van der Waals surface area (Å²) >= 11 is 0. The number of para-hydroxylation sites is 1. The number of nitrogens with zero attached hydrogens (tertiary/aromatic N) is 1. The van der Waals surface area contributed by atoms with Crippen molar-refractivity contribution in [2.45, 2.75) is 13.5 Å². The fraction of sp³-hybridized carbons (Fsp3) is 0.500. The molecule has 3 nitrogen and oxygen atoms in total. The van der Waals surface area contributed by atoms with Gasteiger partial charge in [-0.05, 0) is 19.7 Å². The average Bonchev–Trinajstić information content (AvgIpc) is 2.29. The van der Waals surface area contributed by atoms with Crippen molar-refractivity contribution in [3.05, 3.63) is 23.8 Å². The minimum atomic E-state index is 0.764. The molecule has 1 aliphatic rings. The second-order valence-corrected chi connectivity index (χ2v) is 3.90. The third-order valence-corrected chi connectivity index (χ3v) is 2.74. The van der Waals surface area contributed by atoms with Gasteiger partial charge >= 0.3 is 0 Å². The summed E-state index contributed by atoms with van der Waals surface area (Å²) in [6.45, 7) is 5.83. The molecule has 2 rings (SSSR count). The minimum absolute atomic E-state index is 0.764. The molecule has 1 aromatic rings. The molecule has 0 atom stereocenters. The number of rotatable bonds is 3. The van der Waals surface area contributed by atoms with Crippen molar-refractivity contribution in [3.63, 3.8) is 0 Å². The molecule has 0 radical (unpaired) electrons. The van der Waals surface area contributed by atoms with Crippen LogP contribution in [0.4, 0.5) is 5.69 Å². The van der Waals surface area contributed by atoms with Gasteiger partial charge in [-0.25, -0.2) is 0 Å². The Labute approximate surface area is 91.0 Å². The van der Waals surface area contributed by atoms with Crippen LogP contribution in [-0.4, -0.2) is 31.6 Å². The Morgan fingerprint density at radius 3 is 3.13 bits per heavy atom. The van der Waals surface area contributed by atoms with E-state index >= 15 is 0 Å². The highest BCUT2D eigenvalue weighted by Gasteiger charge is 2.14. The van der Waals surface area contributed by atoms with Gasteiger partial charge in [0.05, 0.1) is 5.69 Å². The van der Waals surface area contributed by atoms with Crippen molar-refractivity contribution in [3.8, 4) is 5.75 Å². The lowest BCUT2D eigenvalue weighted by Gasteiger charge is -2.23. The fourth-order valence-electron chi connectivity index (χ4n) is 1.76. The maximum atomic E-state index is 5.71. The maximum absolute atomic E-state index is 5.71. The minimum Gasteiger partial charge on any atom is -0.489 e.